The van der Waals surface area contributed by atoms with E-state index in [1.165, 1.54) is 24.1 Å². The fraction of sp³-hybridized carbons (Fsp3) is 0.258. The van der Waals surface area contributed by atoms with Crippen LogP contribution in [0.5, 0.6) is 11.5 Å². The van der Waals surface area contributed by atoms with Crippen LogP contribution in [-0.2, 0) is 28.0 Å². The van der Waals surface area contributed by atoms with Crippen LogP contribution in [0.3, 0.4) is 0 Å². The third-order valence-corrected chi connectivity index (χ3v) is 7.25. The Labute approximate surface area is 231 Å². The van der Waals surface area contributed by atoms with E-state index in [4.69, 9.17) is 13.9 Å². The third kappa shape index (κ3) is 4.90. The number of methoxy groups -OCH3 is 1. The highest BCUT2D eigenvalue weighted by molar-refractivity contribution is 6.06. The number of aliphatic carboxylic acids is 1. The lowest BCUT2D eigenvalue weighted by Crippen LogP contribution is -2.50. The molecule has 9 heteroatoms. The standard InChI is InChI=1S/C31H29FN2O6/c1-18-23(33-28(40-18)19-9-12-22(32)13-10-19)17-39-27-16-21(11-14-26(27)38-4)31(2,3)30(37)34-24-8-6-5-7-20(24)15-25(34)29(35)36/h5-14,16,25H,15,17H2,1-4H3,(H,35,36). The summed E-state index contributed by atoms with van der Waals surface area (Å²) in [4.78, 5) is 31.9. The average Bonchev–Trinajstić information content (AvgIpc) is 3.52. The monoisotopic (exact) mass is 544 g/mol. The fourth-order valence-electron chi connectivity index (χ4n) is 4.86. The summed E-state index contributed by atoms with van der Waals surface area (Å²) in [6.45, 7) is 5.35. The van der Waals surface area contributed by atoms with E-state index in [9.17, 15) is 19.1 Å². The van der Waals surface area contributed by atoms with Crippen molar-refractivity contribution in [2.75, 3.05) is 12.0 Å². The Morgan fingerprint density at radius 2 is 1.82 bits per heavy atom. The fourth-order valence-corrected chi connectivity index (χ4v) is 4.86. The van der Waals surface area contributed by atoms with Gasteiger partial charge in [-0.05, 0) is 74.4 Å². The summed E-state index contributed by atoms with van der Waals surface area (Å²) in [5.74, 6) is 0.0144. The molecule has 0 aliphatic carbocycles. The second-order valence-corrected chi connectivity index (χ2v) is 10.2. The molecule has 40 heavy (non-hydrogen) atoms. The van der Waals surface area contributed by atoms with Gasteiger partial charge < -0.3 is 19.0 Å². The molecule has 1 N–H and O–H groups in total. The average molecular weight is 545 g/mol. The molecule has 4 aromatic rings. The molecule has 0 saturated carbocycles. The van der Waals surface area contributed by atoms with Crippen molar-refractivity contribution in [1.29, 1.82) is 0 Å². The lowest BCUT2D eigenvalue weighted by Gasteiger charge is -2.33. The number of ether oxygens (including phenoxy) is 2. The Hall–Kier alpha value is -4.66. The molecule has 3 aromatic carbocycles. The highest BCUT2D eigenvalue weighted by Crippen LogP contribution is 2.39. The molecular formula is C31H29FN2O6. The molecule has 1 unspecified atom stereocenters. The number of aromatic nitrogens is 1. The van der Waals surface area contributed by atoms with Gasteiger partial charge in [0.1, 0.15) is 29.9 Å². The number of anilines is 1. The highest BCUT2D eigenvalue weighted by Gasteiger charge is 2.44. The molecular weight excluding hydrogens is 515 g/mol. The number of rotatable bonds is 8. The zero-order valence-corrected chi connectivity index (χ0v) is 22.6. The van der Waals surface area contributed by atoms with Crippen LogP contribution in [0.4, 0.5) is 10.1 Å². The minimum absolute atomic E-state index is 0.0608. The van der Waals surface area contributed by atoms with Gasteiger partial charge in [-0.25, -0.2) is 14.2 Å². The molecule has 1 aromatic heterocycles. The molecule has 0 spiro atoms. The van der Waals surface area contributed by atoms with Crippen molar-refractivity contribution in [3.63, 3.8) is 0 Å². The van der Waals surface area contributed by atoms with E-state index in [1.54, 1.807) is 63.2 Å². The Kier molecular flexibility index (Phi) is 7.06. The van der Waals surface area contributed by atoms with Gasteiger partial charge >= 0.3 is 5.97 Å². The summed E-state index contributed by atoms with van der Waals surface area (Å²) < 4.78 is 30.7. The van der Waals surface area contributed by atoms with Crippen molar-refractivity contribution in [3.05, 3.63) is 95.1 Å². The van der Waals surface area contributed by atoms with Crippen molar-refractivity contribution in [1.82, 2.24) is 4.98 Å². The molecule has 0 radical (unpaired) electrons. The van der Waals surface area contributed by atoms with E-state index in [-0.39, 0.29) is 24.8 Å². The number of aryl methyl sites for hydroxylation is 1. The van der Waals surface area contributed by atoms with Gasteiger partial charge in [0, 0.05) is 17.7 Å². The molecule has 2 heterocycles. The summed E-state index contributed by atoms with van der Waals surface area (Å²) in [6.07, 6.45) is 0.251. The zero-order valence-electron chi connectivity index (χ0n) is 22.6. The van der Waals surface area contributed by atoms with Crippen molar-refractivity contribution in [2.24, 2.45) is 0 Å². The molecule has 8 nitrogen and oxygen atoms in total. The summed E-state index contributed by atoms with van der Waals surface area (Å²) in [5, 5.41) is 9.88. The number of benzene rings is 3. The number of carboxylic acid groups (broad SMARTS) is 1. The summed E-state index contributed by atoms with van der Waals surface area (Å²) in [7, 11) is 1.52. The number of oxazole rings is 1. The van der Waals surface area contributed by atoms with Crippen LogP contribution < -0.4 is 14.4 Å². The molecule has 0 saturated heterocycles. The van der Waals surface area contributed by atoms with Crippen molar-refractivity contribution in [3.8, 4) is 23.0 Å². The van der Waals surface area contributed by atoms with Crippen LogP contribution in [0, 0.1) is 12.7 Å². The van der Waals surface area contributed by atoms with Gasteiger partial charge in [-0.1, -0.05) is 24.3 Å². The number of nitrogens with zero attached hydrogens (tertiary/aromatic N) is 2. The lowest BCUT2D eigenvalue weighted by molar-refractivity contribution is -0.140. The Morgan fingerprint density at radius 1 is 1.10 bits per heavy atom. The molecule has 0 bridgehead atoms. The first-order valence-corrected chi connectivity index (χ1v) is 12.8. The number of carboxylic acids is 1. The number of halogens is 1. The number of hydrogen-bond donors (Lipinski definition) is 1. The van der Waals surface area contributed by atoms with Gasteiger partial charge in [-0.2, -0.15) is 0 Å². The molecule has 1 aliphatic rings. The topological polar surface area (TPSA) is 102 Å². The Balaban J connectivity index is 1.41. The highest BCUT2D eigenvalue weighted by atomic mass is 19.1. The van der Waals surface area contributed by atoms with Crippen LogP contribution in [0.15, 0.2) is 71.1 Å². The number of carbonyl (C=O) groups excluding carboxylic acids is 1. The first-order valence-electron chi connectivity index (χ1n) is 12.8. The third-order valence-electron chi connectivity index (χ3n) is 7.25. The van der Waals surface area contributed by atoms with E-state index in [1.807, 2.05) is 12.1 Å². The van der Waals surface area contributed by atoms with Gasteiger partial charge in [0.2, 0.25) is 11.8 Å². The first kappa shape index (κ1) is 26.9. The second-order valence-electron chi connectivity index (χ2n) is 10.2. The second kappa shape index (κ2) is 10.5. The molecule has 0 fully saturated rings. The number of fused-ring (bicyclic) bond motifs is 1. The van der Waals surface area contributed by atoms with E-state index >= 15 is 0 Å². The number of para-hydroxylation sites is 1. The van der Waals surface area contributed by atoms with E-state index < -0.39 is 17.4 Å². The maximum absolute atomic E-state index is 13.9. The Bertz CT molecular complexity index is 1580. The van der Waals surface area contributed by atoms with Crippen LogP contribution in [0.1, 0.15) is 36.4 Å². The van der Waals surface area contributed by atoms with Gasteiger partial charge in [-0.15, -0.1) is 0 Å². The normalized spacial score (nSPS) is 14.6. The van der Waals surface area contributed by atoms with E-state index in [0.29, 0.717) is 45.7 Å². The first-order chi connectivity index (χ1) is 19.1. The lowest BCUT2D eigenvalue weighted by atomic mass is 9.82. The molecule has 206 valence electrons. The number of amides is 1. The van der Waals surface area contributed by atoms with Crippen LogP contribution in [0.25, 0.3) is 11.5 Å². The summed E-state index contributed by atoms with van der Waals surface area (Å²) in [5.41, 5.74) is 2.16. The zero-order chi connectivity index (χ0) is 28.6. The minimum Gasteiger partial charge on any atom is -0.493 e. The quantitative estimate of drug-likeness (QED) is 0.304. The van der Waals surface area contributed by atoms with Gasteiger partial charge in [0.25, 0.3) is 0 Å². The Morgan fingerprint density at radius 3 is 2.52 bits per heavy atom. The maximum atomic E-state index is 13.9. The van der Waals surface area contributed by atoms with E-state index in [0.717, 1.165) is 5.56 Å². The molecule has 1 atom stereocenters. The van der Waals surface area contributed by atoms with Crippen molar-refractivity contribution < 1.29 is 33.0 Å². The predicted octanol–water partition coefficient (Wildman–Crippen LogP) is 5.70. The SMILES string of the molecule is COc1ccc(C(C)(C)C(=O)N2c3ccccc3CC2C(=O)O)cc1OCc1nc(-c2ccc(F)cc2)oc1C. The largest absolute Gasteiger partial charge is 0.493 e. The van der Waals surface area contributed by atoms with Gasteiger partial charge in [0.15, 0.2) is 11.5 Å². The summed E-state index contributed by atoms with van der Waals surface area (Å²) in [6, 6.07) is 17.3. The van der Waals surface area contributed by atoms with Gasteiger partial charge in [0.05, 0.1) is 12.5 Å². The smallest absolute Gasteiger partial charge is 0.327 e. The summed E-state index contributed by atoms with van der Waals surface area (Å²) >= 11 is 0. The molecule has 1 amide bonds. The van der Waals surface area contributed by atoms with Crippen molar-refractivity contribution in [2.45, 2.75) is 45.3 Å². The number of hydrogen-bond acceptors (Lipinski definition) is 6. The minimum atomic E-state index is -1.09. The van der Waals surface area contributed by atoms with Crippen LogP contribution in [-0.4, -0.2) is 35.1 Å². The van der Waals surface area contributed by atoms with Crippen LogP contribution in [0.2, 0.25) is 0 Å². The van der Waals surface area contributed by atoms with E-state index in [2.05, 4.69) is 4.98 Å². The van der Waals surface area contributed by atoms with Crippen molar-refractivity contribution >= 4 is 17.6 Å². The molecule has 5 rings (SSSR count). The predicted molar refractivity (Wildman–Crippen MR) is 146 cm³/mol. The number of carbonyl (C=O) groups is 2. The molecule has 1 aliphatic heterocycles. The maximum Gasteiger partial charge on any atom is 0.327 e. The van der Waals surface area contributed by atoms with Crippen LogP contribution >= 0.6 is 0 Å². The van der Waals surface area contributed by atoms with Gasteiger partial charge in [-0.3, -0.25) is 9.69 Å².